The summed E-state index contributed by atoms with van der Waals surface area (Å²) in [5.41, 5.74) is 1.55. The number of carbonyl (C=O) groups excluding carboxylic acids is 1. The highest BCUT2D eigenvalue weighted by Crippen LogP contribution is 2.28. The Balaban J connectivity index is 1.63. The quantitative estimate of drug-likeness (QED) is 0.726. The van der Waals surface area contributed by atoms with Gasteiger partial charge in [-0.15, -0.1) is 0 Å². The first kappa shape index (κ1) is 18.8. The number of hydrogen-bond acceptors (Lipinski definition) is 5. The fourth-order valence-electron chi connectivity index (χ4n) is 3.05. The highest BCUT2D eigenvalue weighted by molar-refractivity contribution is 5.94. The van der Waals surface area contributed by atoms with E-state index >= 15 is 0 Å². The molecule has 1 aromatic carbocycles. The van der Waals surface area contributed by atoms with Crippen LogP contribution in [0.15, 0.2) is 49.2 Å². The molecule has 6 heteroatoms. The Morgan fingerprint density at radius 3 is 2.81 bits per heavy atom. The van der Waals surface area contributed by atoms with Gasteiger partial charge in [0.15, 0.2) is 11.5 Å². The predicted molar refractivity (Wildman–Crippen MR) is 106 cm³/mol. The molecule has 0 atom stereocenters. The van der Waals surface area contributed by atoms with Gasteiger partial charge < -0.3 is 19.7 Å². The largest absolute Gasteiger partial charge is 0.493 e. The smallest absolute Gasteiger partial charge is 0.251 e. The van der Waals surface area contributed by atoms with Gasteiger partial charge >= 0.3 is 0 Å². The van der Waals surface area contributed by atoms with E-state index in [-0.39, 0.29) is 5.91 Å². The van der Waals surface area contributed by atoms with Gasteiger partial charge in [0.25, 0.3) is 5.91 Å². The topological polar surface area (TPSA) is 63.7 Å². The summed E-state index contributed by atoms with van der Waals surface area (Å²) in [6, 6.07) is 9.09. The normalized spacial score (nSPS) is 13.3. The molecule has 1 aliphatic rings. The summed E-state index contributed by atoms with van der Waals surface area (Å²) >= 11 is 0. The molecule has 0 radical (unpaired) electrons. The van der Waals surface area contributed by atoms with Crippen LogP contribution in [-0.2, 0) is 6.54 Å². The van der Waals surface area contributed by atoms with Gasteiger partial charge in [0, 0.05) is 31.4 Å². The predicted octanol–water partition coefficient (Wildman–Crippen LogP) is 3.19. The SMILES string of the molecule is C=CCOc1ccc(C(=O)NCc2ccnc(N3CCCC3)c2)cc1OC. The van der Waals surface area contributed by atoms with Gasteiger partial charge in [-0.05, 0) is 48.7 Å². The van der Waals surface area contributed by atoms with E-state index in [0.29, 0.717) is 30.2 Å². The molecule has 0 spiro atoms. The Labute approximate surface area is 159 Å². The number of pyridine rings is 1. The molecule has 0 saturated carbocycles. The molecule has 6 nitrogen and oxygen atoms in total. The second kappa shape index (κ2) is 9.07. The van der Waals surface area contributed by atoms with Gasteiger partial charge in [-0.2, -0.15) is 0 Å². The molecule has 1 aromatic heterocycles. The van der Waals surface area contributed by atoms with Crippen LogP contribution >= 0.6 is 0 Å². The number of carbonyl (C=O) groups is 1. The van der Waals surface area contributed by atoms with Gasteiger partial charge in [-0.3, -0.25) is 4.79 Å². The fourth-order valence-corrected chi connectivity index (χ4v) is 3.05. The number of aromatic nitrogens is 1. The number of methoxy groups -OCH3 is 1. The first-order chi connectivity index (χ1) is 13.2. The van der Waals surface area contributed by atoms with E-state index in [4.69, 9.17) is 9.47 Å². The van der Waals surface area contributed by atoms with Crippen molar-refractivity contribution in [3.63, 3.8) is 0 Å². The summed E-state index contributed by atoms with van der Waals surface area (Å²) in [5, 5.41) is 2.95. The van der Waals surface area contributed by atoms with Crippen molar-refractivity contribution >= 4 is 11.7 Å². The molecular weight excluding hydrogens is 342 g/mol. The maximum Gasteiger partial charge on any atom is 0.251 e. The lowest BCUT2D eigenvalue weighted by Gasteiger charge is -2.17. The molecule has 1 N–H and O–H groups in total. The number of ether oxygens (including phenoxy) is 2. The van der Waals surface area contributed by atoms with Crippen LogP contribution in [0.25, 0.3) is 0 Å². The van der Waals surface area contributed by atoms with Crippen LogP contribution in [0.4, 0.5) is 5.82 Å². The first-order valence-electron chi connectivity index (χ1n) is 9.11. The molecule has 2 aromatic rings. The van der Waals surface area contributed by atoms with Crippen LogP contribution < -0.4 is 19.7 Å². The Morgan fingerprint density at radius 2 is 2.07 bits per heavy atom. The minimum Gasteiger partial charge on any atom is -0.493 e. The lowest BCUT2D eigenvalue weighted by molar-refractivity contribution is 0.0950. The molecule has 0 bridgehead atoms. The van der Waals surface area contributed by atoms with E-state index in [1.807, 2.05) is 12.1 Å². The monoisotopic (exact) mass is 367 g/mol. The molecule has 1 fully saturated rings. The van der Waals surface area contributed by atoms with Crippen molar-refractivity contribution in [2.24, 2.45) is 0 Å². The zero-order valence-corrected chi connectivity index (χ0v) is 15.6. The zero-order chi connectivity index (χ0) is 19.1. The summed E-state index contributed by atoms with van der Waals surface area (Å²) in [5.74, 6) is 1.91. The van der Waals surface area contributed by atoms with Crippen molar-refractivity contribution in [2.45, 2.75) is 19.4 Å². The van der Waals surface area contributed by atoms with Crippen molar-refractivity contribution in [1.29, 1.82) is 0 Å². The van der Waals surface area contributed by atoms with Crippen LogP contribution in [0.2, 0.25) is 0 Å². The van der Waals surface area contributed by atoms with Gasteiger partial charge in [-0.25, -0.2) is 4.98 Å². The van der Waals surface area contributed by atoms with Crippen molar-refractivity contribution in [3.8, 4) is 11.5 Å². The van der Waals surface area contributed by atoms with Crippen molar-refractivity contribution in [2.75, 3.05) is 31.7 Å². The first-order valence-corrected chi connectivity index (χ1v) is 9.11. The van der Waals surface area contributed by atoms with E-state index in [2.05, 4.69) is 21.8 Å². The van der Waals surface area contributed by atoms with Crippen molar-refractivity contribution < 1.29 is 14.3 Å². The number of benzene rings is 1. The van der Waals surface area contributed by atoms with Crippen molar-refractivity contribution in [3.05, 3.63) is 60.3 Å². The average Bonchev–Trinajstić information content (AvgIpc) is 3.25. The standard InChI is InChI=1S/C21H25N3O3/c1-3-12-27-18-7-6-17(14-19(18)26-2)21(25)23-15-16-8-9-22-20(13-16)24-10-4-5-11-24/h3,6-9,13-14H,1,4-5,10-12,15H2,2H3,(H,23,25). The minimum atomic E-state index is -0.164. The van der Waals surface area contributed by atoms with Crippen LogP contribution in [0.5, 0.6) is 11.5 Å². The summed E-state index contributed by atoms with van der Waals surface area (Å²) in [7, 11) is 1.55. The molecule has 0 aliphatic carbocycles. The van der Waals surface area contributed by atoms with Crippen molar-refractivity contribution in [1.82, 2.24) is 10.3 Å². The van der Waals surface area contributed by atoms with Crippen LogP contribution in [0, 0.1) is 0 Å². The van der Waals surface area contributed by atoms with E-state index in [1.54, 1.807) is 37.6 Å². The number of hydrogen-bond donors (Lipinski definition) is 1. The summed E-state index contributed by atoms with van der Waals surface area (Å²) in [4.78, 5) is 19.2. The summed E-state index contributed by atoms with van der Waals surface area (Å²) in [6.45, 7) is 6.54. The highest BCUT2D eigenvalue weighted by Gasteiger charge is 2.14. The number of nitrogens with one attached hydrogen (secondary N) is 1. The lowest BCUT2D eigenvalue weighted by Crippen LogP contribution is -2.23. The lowest BCUT2D eigenvalue weighted by atomic mass is 10.1. The van der Waals surface area contributed by atoms with Crippen LogP contribution in [-0.4, -0.2) is 37.7 Å². The molecular formula is C21H25N3O3. The number of rotatable bonds is 8. The molecule has 0 unspecified atom stereocenters. The molecule has 1 saturated heterocycles. The Kier molecular flexibility index (Phi) is 6.30. The van der Waals surface area contributed by atoms with E-state index in [1.165, 1.54) is 12.8 Å². The molecule has 142 valence electrons. The highest BCUT2D eigenvalue weighted by atomic mass is 16.5. The number of anilines is 1. The summed E-state index contributed by atoms with van der Waals surface area (Å²) < 4.78 is 10.8. The Hall–Kier alpha value is -3.02. The number of amides is 1. The van der Waals surface area contributed by atoms with E-state index in [9.17, 15) is 4.79 Å². The molecule has 2 heterocycles. The minimum absolute atomic E-state index is 0.164. The summed E-state index contributed by atoms with van der Waals surface area (Å²) in [6.07, 6.45) is 5.86. The second-order valence-electron chi connectivity index (χ2n) is 6.36. The fraction of sp³-hybridized carbons (Fsp3) is 0.333. The third kappa shape index (κ3) is 4.78. The van der Waals surface area contributed by atoms with Gasteiger partial charge in [-0.1, -0.05) is 12.7 Å². The van der Waals surface area contributed by atoms with E-state index in [0.717, 1.165) is 24.5 Å². The van der Waals surface area contributed by atoms with Crippen LogP contribution in [0.3, 0.4) is 0 Å². The van der Waals surface area contributed by atoms with Gasteiger partial charge in [0.1, 0.15) is 12.4 Å². The van der Waals surface area contributed by atoms with Gasteiger partial charge in [0.2, 0.25) is 0 Å². The Bertz CT molecular complexity index is 801. The third-order valence-electron chi connectivity index (χ3n) is 4.48. The van der Waals surface area contributed by atoms with Crippen LogP contribution in [0.1, 0.15) is 28.8 Å². The third-order valence-corrected chi connectivity index (χ3v) is 4.48. The van der Waals surface area contributed by atoms with E-state index < -0.39 is 0 Å². The molecule has 3 rings (SSSR count). The zero-order valence-electron chi connectivity index (χ0n) is 15.6. The average molecular weight is 367 g/mol. The number of nitrogens with zero attached hydrogens (tertiary/aromatic N) is 2. The molecule has 1 amide bonds. The second-order valence-corrected chi connectivity index (χ2v) is 6.36. The molecule has 27 heavy (non-hydrogen) atoms. The maximum absolute atomic E-state index is 12.5. The maximum atomic E-state index is 12.5. The molecule has 1 aliphatic heterocycles. The Morgan fingerprint density at radius 1 is 1.26 bits per heavy atom. The van der Waals surface area contributed by atoms with Gasteiger partial charge in [0.05, 0.1) is 7.11 Å².